The first-order valence-corrected chi connectivity index (χ1v) is 7.20. The molecular weight excluding hydrogens is 268 g/mol. The van der Waals surface area contributed by atoms with E-state index in [2.05, 4.69) is 4.40 Å². The van der Waals surface area contributed by atoms with Crippen LogP contribution in [0.25, 0.3) is 0 Å². The summed E-state index contributed by atoms with van der Waals surface area (Å²) in [4.78, 5) is 13.2. The zero-order chi connectivity index (χ0) is 14.0. The van der Waals surface area contributed by atoms with Crippen molar-refractivity contribution in [3.05, 3.63) is 24.3 Å². The summed E-state index contributed by atoms with van der Waals surface area (Å²) in [5.41, 5.74) is 0.429. The van der Waals surface area contributed by atoms with Gasteiger partial charge >= 0.3 is 5.97 Å². The average Bonchev–Trinajstić information content (AvgIpc) is 2.32. The molecule has 0 saturated heterocycles. The van der Waals surface area contributed by atoms with Gasteiger partial charge in [0.25, 0.3) is 10.0 Å². The molecule has 0 aliphatic carbocycles. The monoisotopic (exact) mass is 282 g/mol. The van der Waals surface area contributed by atoms with Gasteiger partial charge in [-0.15, -0.1) is 4.40 Å². The standard InChI is InChI=1S/C12H14N2O4S/c1-9(2)18-12(15)7-14-8-13-19(16,17)11-6-4-3-5-10(11)14/h3-6,8-9H,7H2,1-2H3. The van der Waals surface area contributed by atoms with Crippen molar-refractivity contribution in [3.8, 4) is 0 Å². The molecule has 1 aliphatic heterocycles. The van der Waals surface area contributed by atoms with Crippen LogP contribution in [0.4, 0.5) is 5.69 Å². The largest absolute Gasteiger partial charge is 0.462 e. The van der Waals surface area contributed by atoms with E-state index in [-0.39, 0.29) is 17.5 Å². The number of hydrogen-bond donors (Lipinski definition) is 0. The fourth-order valence-corrected chi connectivity index (χ4v) is 2.77. The fraction of sp³-hybridized carbons (Fsp3) is 0.333. The Kier molecular flexibility index (Phi) is 3.57. The van der Waals surface area contributed by atoms with Crippen LogP contribution in [0.2, 0.25) is 0 Å². The van der Waals surface area contributed by atoms with Crippen LogP contribution in [0, 0.1) is 0 Å². The average molecular weight is 282 g/mol. The van der Waals surface area contributed by atoms with Crippen molar-refractivity contribution >= 4 is 28.0 Å². The minimum atomic E-state index is -3.66. The van der Waals surface area contributed by atoms with Crippen LogP contribution in [-0.4, -0.2) is 33.4 Å². The minimum Gasteiger partial charge on any atom is -0.462 e. The Balaban J connectivity index is 2.28. The van der Waals surface area contributed by atoms with Crippen molar-refractivity contribution in [3.63, 3.8) is 0 Å². The maximum Gasteiger partial charge on any atom is 0.326 e. The smallest absolute Gasteiger partial charge is 0.326 e. The van der Waals surface area contributed by atoms with Gasteiger partial charge in [0.05, 0.1) is 11.8 Å². The van der Waals surface area contributed by atoms with E-state index in [1.54, 1.807) is 32.0 Å². The Hall–Kier alpha value is -1.89. The Bertz CT molecular complexity index is 622. The van der Waals surface area contributed by atoms with Crippen LogP contribution < -0.4 is 4.90 Å². The Labute approximate surface area is 111 Å². The number of esters is 1. The van der Waals surface area contributed by atoms with Gasteiger partial charge in [-0.2, -0.15) is 8.42 Å². The number of carbonyl (C=O) groups excluding carboxylic acids is 1. The highest BCUT2D eigenvalue weighted by Gasteiger charge is 2.26. The highest BCUT2D eigenvalue weighted by atomic mass is 32.2. The lowest BCUT2D eigenvalue weighted by atomic mass is 10.3. The van der Waals surface area contributed by atoms with Crippen molar-refractivity contribution in [2.75, 3.05) is 11.4 Å². The first kappa shape index (κ1) is 13.5. The minimum absolute atomic E-state index is 0.0752. The number of para-hydroxylation sites is 1. The molecule has 0 amide bonds. The lowest BCUT2D eigenvalue weighted by Crippen LogP contribution is -2.34. The molecule has 1 aromatic carbocycles. The van der Waals surface area contributed by atoms with Gasteiger partial charge in [-0.25, -0.2) is 0 Å². The number of hydrogen-bond acceptors (Lipinski definition) is 5. The predicted molar refractivity (Wildman–Crippen MR) is 70.7 cm³/mol. The van der Waals surface area contributed by atoms with Crippen molar-refractivity contribution in [1.29, 1.82) is 0 Å². The molecule has 1 heterocycles. The topological polar surface area (TPSA) is 76.0 Å². The number of carbonyl (C=O) groups is 1. The van der Waals surface area contributed by atoms with Crippen LogP contribution in [0.1, 0.15) is 13.8 Å². The molecule has 0 aromatic heterocycles. The Morgan fingerprint density at radius 2 is 2.05 bits per heavy atom. The molecule has 1 aromatic rings. The van der Waals surface area contributed by atoms with E-state index in [0.717, 1.165) is 6.34 Å². The van der Waals surface area contributed by atoms with E-state index < -0.39 is 16.0 Å². The van der Waals surface area contributed by atoms with Crippen LogP contribution in [0.5, 0.6) is 0 Å². The van der Waals surface area contributed by atoms with Crippen molar-refractivity contribution in [1.82, 2.24) is 0 Å². The molecule has 6 nitrogen and oxygen atoms in total. The van der Waals surface area contributed by atoms with Crippen LogP contribution in [0.3, 0.4) is 0 Å². The van der Waals surface area contributed by atoms with Crippen LogP contribution >= 0.6 is 0 Å². The van der Waals surface area contributed by atoms with Gasteiger partial charge in [-0.1, -0.05) is 12.1 Å². The molecule has 0 unspecified atom stereocenters. The summed E-state index contributed by atoms with van der Waals surface area (Å²) in [6.45, 7) is 3.43. The number of rotatable bonds is 3. The number of sulfonamides is 1. The van der Waals surface area contributed by atoms with Crippen LogP contribution in [0.15, 0.2) is 33.6 Å². The van der Waals surface area contributed by atoms with Gasteiger partial charge in [0.15, 0.2) is 0 Å². The molecule has 7 heteroatoms. The predicted octanol–water partition coefficient (Wildman–Crippen LogP) is 1.18. The normalized spacial score (nSPS) is 16.3. The number of ether oxygens (including phenoxy) is 1. The second-order valence-electron chi connectivity index (χ2n) is 4.33. The highest BCUT2D eigenvalue weighted by Crippen LogP contribution is 2.28. The van der Waals surface area contributed by atoms with E-state index >= 15 is 0 Å². The van der Waals surface area contributed by atoms with Gasteiger partial charge < -0.3 is 9.64 Å². The molecule has 2 rings (SSSR count). The highest BCUT2D eigenvalue weighted by molar-refractivity contribution is 7.90. The van der Waals surface area contributed by atoms with Crippen molar-refractivity contribution < 1.29 is 17.9 Å². The van der Waals surface area contributed by atoms with E-state index in [1.165, 1.54) is 11.0 Å². The molecule has 0 atom stereocenters. The van der Waals surface area contributed by atoms with Gasteiger partial charge in [-0.05, 0) is 26.0 Å². The molecule has 102 valence electrons. The molecular formula is C12H14N2O4S. The molecule has 0 N–H and O–H groups in total. The lowest BCUT2D eigenvalue weighted by Gasteiger charge is -2.24. The summed E-state index contributed by atoms with van der Waals surface area (Å²) in [7, 11) is -3.66. The number of anilines is 1. The van der Waals surface area contributed by atoms with E-state index in [1.807, 2.05) is 0 Å². The van der Waals surface area contributed by atoms with Gasteiger partial charge in [-0.3, -0.25) is 4.79 Å². The second kappa shape index (κ2) is 5.00. The number of nitrogens with zero attached hydrogens (tertiary/aromatic N) is 2. The van der Waals surface area contributed by atoms with Gasteiger partial charge in [0.2, 0.25) is 0 Å². The maximum atomic E-state index is 11.7. The lowest BCUT2D eigenvalue weighted by molar-refractivity contribution is -0.145. The fourth-order valence-electron chi connectivity index (χ4n) is 1.72. The van der Waals surface area contributed by atoms with Gasteiger partial charge in [0, 0.05) is 0 Å². The quantitative estimate of drug-likeness (QED) is 0.778. The maximum absolute atomic E-state index is 11.7. The third-order valence-corrected chi connectivity index (χ3v) is 3.72. The second-order valence-corrected chi connectivity index (χ2v) is 5.93. The third-order valence-electron chi connectivity index (χ3n) is 2.44. The first-order chi connectivity index (χ1) is 8.90. The molecule has 19 heavy (non-hydrogen) atoms. The SMILES string of the molecule is CC(C)OC(=O)CN1C=NS(=O)(=O)c2ccccc21. The molecule has 0 spiro atoms. The summed E-state index contributed by atoms with van der Waals surface area (Å²) in [5.74, 6) is -0.435. The summed E-state index contributed by atoms with van der Waals surface area (Å²) in [5, 5.41) is 0. The number of fused-ring (bicyclic) bond motifs is 1. The Morgan fingerprint density at radius 3 is 2.74 bits per heavy atom. The van der Waals surface area contributed by atoms with Crippen molar-refractivity contribution in [2.45, 2.75) is 24.8 Å². The zero-order valence-corrected chi connectivity index (χ0v) is 11.4. The number of benzene rings is 1. The molecule has 0 fully saturated rings. The van der Waals surface area contributed by atoms with Crippen LogP contribution in [-0.2, 0) is 19.6 Å². The van der Waals surface area contributed by atoms with E-state index in [4.69, 9.17) is 4.74 Å². The van der Waals surface area contributed by atoms with E-state index in [9.17, 15) is 13.2 Å². The molecule has 0 saturated carbocycles. The summed E-state index contributed by atoms with van der Waals surface area (Å²) in [6, 6.07) is 6.40. The molecule has 0 bridgehead atoms. The van der Waals surface area contributed by atoms with Crippen molar-refractivity contribution in [2.24, 2.45) is 4.40 Å². The summed E-state index contributed by atoms with van der Waals surface area (Å²) < 4.78 is 32.0. The summed E-state index contributed by atoms with van der Waals surface area (Å²) in [6.07, 6.45) is 0.924. The molecule has 0 radical (unpaired) electrons. The zero-order valence-electron chi connectivity index (χ0n) is 10.6. The summed E-state index contributed by atoms with van der Waals surface area (Å²) >= 11 is 0. The van der Waals surface area contributed by atoms with E-state index in [0.29, 0.717) is 5.69 Å². The van der Waals surface area contributed by atoms with Gasteiger partial charge in [0.1, 0.15) is 17.8 Å². The third kappa shape index (κ3) is 2.93. The molecule has 1 aliphatic rings. The first-order valence-electron chi connectivity index (χ1n) is 5.76. The Morgan fingerprint density at radius 1 is 1.37 bits per heavy atom.